The summed E-state index contributed by atoms with van der Waals surface area (Å²) in [5.74, 6) is -1.44. The van der Waals surface area contributed by atoms with Gasteiger partial charge in [0.1, 0.15) is 36.2 Å². The van der Waals surface area contributed by atoms with Gasteiger partial charge >= 0.3 is 0 Å². The second-order valence-corrected chi connectivity index (χ2v) is 9.41. The minimum absolute atomic E-state index is 0.182. The maximum Gasteiger partial charge on any atom is 0.276 e. The van der Waals surface area contributed by atoms with Crippen molar-refractivity contribution in [3.8, 4) is 5.69 Å². The number of carbonyl (C=O) groups is 1. The second kappa shape index (κ2) is 10.3. The van der Waals surface area contributed by atoms with Gasteiger partial charge in [-0.05, 0) is 56.6 Å². The Kier molecular flexibility index (Phi) is 6.85. The monoisotopic (exact) mass is 520 g/mol. The van der Waals surface area contributed by atoms with Crippen LogP contribution in [-0.4, -0.2) is 56.2 Å². The Morgan fingerprint density at radius 2 is 1.95 bits per heavy atom. The summed E-state index contributed by atoms with van der Waals surface area (Å²) in [4.78, 5) is 30.4. The highest BCUT2D eigenvalue weighted by Gasteiger charge is 2.25. The van der Waals surface area contributed by atoms with Crippen molar-refractivity contribution in [3.05, 3.63) is 76.0 Å². The van der Waals surface area contributed by atoms with Crippen molar-refractivity contribution >= 4 is 34.5 Å². The molecular weight excluding hydrogens is 492 g/mol. The van der Waals surface area contributed by atoms with Crippen LogP contribution in [0.25, 0.3) is 16.7 Å². The number of carbonyl (C=O) groups excluding carboxylic acids is 1. The minimum Gasteiger partial charge on any atom is -0.331 e. The molecule has 3 heterocycles. The molecular formula is C27H28F2N7O2+. The summed E-state index contributed by atoms with van der Waals surface area (Å²) in [5.41, 5.74) is 1.22. The van der Waals surface area contributed by atoms with E-state index in [0.717, 1.165) is 61.0 Å². The number of halogens is 2. The predicted molar refractivity (Wildman–Crippen MR) is 141 cm³/mol. The topological polar surface area (TPSA) is 96.8 Å². The van der Waals surface area contributed by atoms with Crippen LogP contribution in [0.3, 0.4) is 0 Å². The molecule has 5 rings (SSSR count). The number of aromatic nitrogens is 4. The zero-order valence-electron chi connectivity index (χ0n) is 21.3. The van der Waals surface area contributed by atoms with E-state index in [-0.39, 0.29) is 5.69 Å². The van der Waals surface area contributed by atoms with Gasteiger partial charge in [-0.3, -0.25) is 9.59 Å². The number of nitrogens with zero attached hydrogens (tertiary/aromatic N) is 5. The Morgan fingerprint density at radius 1 is 1.18 bits per heavy atom. The summed E-state index contributed by atoms with van der Waals surface area (Å²) in [6.07, 6.45) is 4.25. The van der Waals surface area contributed by atoms with Crippen LogP contribution in [0.1, 0.15) is 29.2 Å². The van der Waals surface area contributed by atoms with Crippen molar-refractivity contribution in [2.75, 3.05) is 25.5 Å². The first-order valence-electron chi connectivity index (χ1n) is 12.4. The molecule has 1 amide bonds. The second-order valence-electron chi connectivity index (χ2n) is 9.41. The van der Waals surface area contributed by atoms with Crippen LogP contribution in [0.2, 0.25) is 0 Å². The summed E-state index contributed by atoms with van der Waals surface area (Å²) in [5, 5.41) is 10.2. The zero-order chi connectivity index (χ0) is 27.0. The average Bonchev–Trinajstić information content (AvgIpc) is 3.18. The molecule has 1 aliphatic heterocycles. The summed E-state index contributed by atoms with van der Waals surface area (Å²) in [6.45, 7) is 3.77. The van der Waals surface area contributed by atoms with Crippen molar-refractivity contribution in [1.82, 2.24) is 24.6 Å². The Bertz CT molecular complexity index is 1610. The molecule has 196 valence electrons. The van der Waals surface area contributed by atoms with Crippen LogP contribution < -0.4 is 16.2 Å². The van der Waals surface area contributed by atoms with Gasteiger partial charge < -0.3 is 15.2 Å². The number of hydrogen-bond donors (Lipinski definition) is 2. The molecule has 0 radical (unpaired) electrons. The number of rotatable bonds is 5. The predicted octanol–water partition coefficient (Wildman–Crippen LogP) is 3.30. The van der Waals surface area contributed by atoms with Gasteiger partial charge in [0.2, 0.25) is 0 Å². The molecule has 2 aromatic carbocycles. The Hall–Kier alpha value is -4.25. The normalized spacial score (nSPS) is 16.1. The number of piperidine rings is 1. The molecule has 2 N–H and O–H groups in total. The van der Waals surface area contributed by atoms with Crippen molar-refractivity contribution in [2.24, 2.45) is 13.0 Å². The van der Waals surface area contributed by atoms with Gasteiger partial charge in [0.05, 0.1) is 5.52 Å². The van der Waals surface area contributed by atoms with Crippen molar-refractivity contribution in [2.45, 2.75) is 19.8 Å². The number of amides is 1. The van der Waals surface area contributed by atoms with E-state index in [2.05, 4.69) is 21.9 Å². The van der Waals surface area contributed by atoms with E-state index < -0.39 is 28.8 Å². The van der Waals surface area contributed by atoms with Crippen molar-refractivity contribution in [1.29, 1.82) is 0 Å². The van der Waals surface area contributed by atoms with E-state index in [4.69, 9.17) is 4.98 Å². The summed E-state index contributed by atoms with van der Waals surface area (Å²) in [7, 11) is 3.85. The Morgan fingerprint density at radius 3 is 2.66 bits per heavy atom. The van der Waals surface area contributed by atoms with Crippen LogP contribution in [0.5, 0.6) is 0 Å². The molecule has 1 fully saturated rings. The molecule has 0 saturated carbocycles. The van der Waals surface area contributed by atoms with Crippen LogP contribution in [0.15, 0.2) is 47.3 Å². The van der Waals surface area contributed by atoms with E-state index in [0.29, 0.717) is 22.0 Å². The maximum atomic E-state index is 14.4. The molecule has 1 unspecified atom stereocenters. The van der Waals surface area contributed by atoms with E-state index in [1.165, 1.54) is 12.1 Å². The maximum absolute atomic E-state index is 14.4. The van der Waals surface area contributed by atoms with Crippen LogP contribution >= 0.6 is 0 Å². The standard InChI is InChI=1S/C27H27F2N7O2/c1-16-31-24-22(35(16)3)11-9-20(26(24)34(2)15-17-6-5-13-30-14-17)32-27(38)21-10-12-23(37)36(33-21)25-18(28)7-4-8-19(25)29/h4,7-12,15,17,30H,5-6,13-14H2,1-3H3/p+1. The largest absolute Gasteiger partial charge is 0.331 e. The first-order valence-corrected chi connectivity index (χ1v) is 12.4. The molecule has 0 bridgehead atoms. The van der Waals surface area contributed by atoms with Gasteiger partial charge in [-0.15, -0.1) is 0 Å². The average molecular weight is 521 g/mol. The smallest absolute Gasteiger partial charge is 0.276 e. The number of fused-ring (bicyclic) bond motifs is 1. The molecule has 1 aliphatic rings. The highest BCUT2D eigenvalue weighted by molar-refractivity contribution is 6.06. The van der Waals surface area contributed by atoms with Gasteiger partial charge in [-0.1, -0.05) is 6.07 Å². The number of nitrogens with one attached hydrogen (secondary N) is 2. The molecule has 38 heavy (non-hydrogen) atoms. The fourth-order valence-corrected chi connectivity index (χ4v) is 4.79. The molecule has 11 heteroatoms. The number of para-hydroxylation sites is 1. The van der Waals surface area contributed by atoms with Crippen LogP contribution in [-0.2, 0) is 7.05 Å². The van der Waals surface area contributed by atoms with Gasteiger partial charge in [0, 0.05) is 25.6 Å². The van der Waals surface area contributed by atoms with Crippen LogP contribution in [0, 0.1) is 24.5 Å². The van der Waals surface area contributed by atoms with Gasteiger partial charge in [-0.25, -0.2) is 18.3 Å². The molecule has 9 nitrogen and oxygen atoms in total. The van der Waals surface area contributed by atoms with Crippen molar-refractivity contribution in [3.63, 3.8) is 0 Å². The molecule has 2 aromatic heterocycles. The highest BCUT2D eigenvalue weighted by Crippen LogP contribution is 2.33. The Balaban J connectivity index is 1.56. The zero-order valence-corrected chi connectivity index (χ0v) is 21.3. The number of aryl methyl sites for hydroxylation is 2. The van der Waals surface area contributed by atoms with Crippen molar-refractivity contribution < 1.29 is 18.2 Å². The Labute approximate surface area is 217 Å². The number of anilines is 1. The van der Waals surface area contributed by atoms with Gasteiger partial charge in [0.25, 0.3) is 17.2 Å². The minimum atomic E-state index is -0.968. The van der Waals surface area contributed by atoms with E-state index >= 15 is 0 Å². The first-order chi connectivity index (χ1) is 18.2. The molecule has 1 atom stereocenters. The third-order valence-corrected chi connectivity index (χ3v) is 6.80. The molecule has 0 spiro atoms. The number of benzene rings is 2. The number of hydrogen-bond acceptors (Lipinski definition) is 5. The van der Waals surface area contributed by atoms with E-state index in [9.17, 15) is 18.4 Å². The molecule has 1 saturated heterocycles. The third-order valence-electron chi connectivity index (χ3n) is 6.80. The lowest BCUT2D eigenvalue weighted by molar-refractivity contribution is -0.399. The van der Waals surface area contributed by atoms with E-state index in [1.807, 2.05) is 36.2 Å². The summed E-state index contributed by atoms with van der Waals surface area (Å²) < 4.78 is 33.2. The van der Waals surface area contributed by atoms with E-state index in [1.54, 1.807) is 6.07 Å². The first kappa shape index (κ1) is 25.4. The lowest BCUT2D eigenvalue weighted by Crippen LogP contribution is -2.32. The third kappa shape index (κ3) is 4.72. The fourth-order valence-electron chi connectivity index (χ4n) is 4.79. The lowest BCUT2D eigenvalue weighted by atomic mass is 10.0. The highest BCUT2D eigenvalue weighted by atomic mass is 19.1. The van der Waals surface area contributed by atoms with Gasteiger partial charge in [-0.2, -0.15) is 9.78 Å². The fraction of sp³-hybridized carbons (Fsp3) is 0.296. The number of imidazole rings is 1. The summed E-state index contributed by atoms with van der Waals surface area (Å²) in [6, 6.07) is 9.15. The lowest BCUT2D eigenvalue weighted by Gasteiger charge is -2.18. The van der Waals surface area contributed by atoms with Gasteiger partial charge in [0.15, 0.2) is 17.2 Å². The SMILES string of the molecule is Cc1nc2c([N+](C)=CC3CCCNC3)c(NC(=O)c3ccc(=O)n(-c4c(F)cccc4F)n3)ccc2n1C. The quantitative estimate of drug-likeness (QED) is 0.311. The van der Waals surface area contributed by atoms with Crippen LogP contribution in [0.4, 0.5) is 20.2 Å². The molecule has 4 aromatic rings. The molecule has 0 aliphatic carbocycles. The summed E-state index contributed by atoms with van der Waals surface area (Å²) >= 11 is 0.